The first kappa shape index (κ1) is 17.2. The summed E-state index contributed by atoms with van der Waals surface area (Å²) >= 11 is 0. The largest absolute Gasteiger partial charge is 0.377 e. The summed E-state index contributed by atoms with van der Waals surface area (Å²) in [5, 5.41) is 3.85. The average molecular weight is 356 g/mol. The summed E-state index contributed by atoms with van der Waals surface area (Å²) in [6, 6.07) is 12.2. The molecular weight excluding hydrogens is 332 g/mol. The van der Waals surface area contributed by atoms with Crippen LogP contribution in [0.25, 0.3) is 0 Å². The molecule has 2 aliphatic heterocycles. The van der Waals surface area contributed by atoms with Crippen molar-refractivity contribution in [1.29, 1.82) is 0 Å². The molecule has 0 radical (unpaired) electrons. The Labute approximate surface area is 153 Å². The number of methoxy groups -OCH3 is 1. The molecule has 1 amide bonds. The molecule has 3 atom stereocenters. The van der Waals surface area contributed by atoms with Crippen LogP contribution in [0.2, 0.25) is 0 Å². The Morgan fingerprint density at radius 1 is 1.38 bits per heavy atom. The highest BCUT2D eigenvalue weighted by Gasteiger charge is 2.54. The number of likely N-dealkylation sites (tertiary alicyclic amines) is 1. The van der Waals surface area contributed by atoms with Gasteiger partial charge >= 0.3 is 0 Å². The third-order valence-corrected chi connectivity index (χ3v) is 5.51. The van der Waals surface area contributed by atoms with Gasteiger partial charge in [-0.15, -0.1) is 0 Å². The predicted molar refractivity (Wildman–Crippen MR) is 94.8 cm³/mol. The van der Waals surface area contributed by atoms with Crippen molar-refractivity contribution in [2.45, 2.75) is 37.4 Å². The number of hydrogen-bond donors (Lipinski definition) is 0. The van der Waals surface area contributed by atoms with E-state index in [1.807, 2.05) is 17.9 Å². The summed E-state index contributed by atoms with van der Waals surface area (Å²) in [5.74, 6) is 0.949. The van der Waals surface area contributed by atoms with Gasteiger partial charge in [0.15, 0.2) is 0 Å². The van der Waals surface area contributed by atoms with Crippen LogP contribution in [0.15, 0.2) is 40.9 Å². The second-order valence-corrected chi connectivity index (χ2v) is 7.30. The number of nitrogens with zero attached hydrogens (tertiary/aromatic N) is 2. The minimum Gasteiger partial charge on any atom is -0.377 e. The van der Waals surface area contributed by atoms with E-state index in [1.165, 1.54) is 5.56 Å². The standard InChI is InChI=1S/C20H24N2O4/c1-14-8-17(26-21-14)9-19(23)22-11-18(24-2)20(13-22)10-16(12-25-20)15-6-4-3-5-7-15/h3-8,16,18H,9-13H2,1-2H3/t16-,18-,20-/m1/s1. The van der Waals surface area contributed by atoms with Crippen molar-refractivity contribution in [1.82, 2.24) is 10.1 Å². The van der Waals surface area contributed by atoms with Crippen LogP contribution in [0.4, 0.5) is 0 Å². The van der Waals surface area contributed by atoms with E-state index in [4.69, 9.17) is 14.0 Å². The lowest BCUT2D eigenvalue weighted by Gasteiger charge is -2.28. The zero-order valence-corrected chi connectivity index (χ0v) is 15.2. The van der Waals surface area contributed by atoms with Crippen LogP contribution in [0.1, 0.15) is 29.4 Å². The molecule has 4 rings (SSSR count). The molecule has 6 heteroatoms. The van der Waals surface area contributed by atoms with E-state index in [2.05, 4.69) is 29.4 Å². The van der Waals surface area contributed by atoms with Gasteiger partial charge in [0.1, 0.15) is 17.5 Å². The molecule has 0 bridgehead atoms. The summed E-state index contributed by atoms with van der Waals surface area (Å²) in [7, 11) is 1.69. The number of aryl methyl sites for hydroxylation is 1. The van der Waals surface area contributed by atoms with Gasteiger partial charge in [0.05, 0.1) is 25.3 Å². The number of carbonyl (C=O) groups excluding carboxylic acids is 1. The highest BCUT2D eigenvalue weighted by molar-refractivity contribution is 5.78. The fourth-order valence-electron chi connectivity index (χ4n) is 4.17. The van der Waals surface area contributed by atoms with Crippen molar-refractivity contribution in [3.05, 3.63) is 53.4 Å². The van der Waals surface area contributed by atoms with E-state index < -0.39 is 5.60 Å². The Bertz CT molecular complexity index is 775. The summed E-state index contributed by atoms with van der Waals surface area (Å²) in [4.78, 5) is 14.5. The first-order valence-electron chi connectivity index (χ1n) is 9.01. The second kappa shape index (κ2) is 6.85. The van der Waals surface area contributed by atoms with Crippen molar-refractivity contribution < 1.29 is 18.8 Å². The summed E-state index contributed by atoms with van der Waals surface area (Å²) in [6.07, 6.45) is 0.965. The Kier molecular flexibility index (Phi) is 4.54. The molecule has 0 aliphatic carbocycles. The number of ether oxygens (including phenoxy) is 2. The fraction of sp³-hybridized carbons (Fsp3) is 0.500. The number of amides is 1. The molecule has 2 fully saturated rings. The van der Waals surface area contributed by atoms with Gasteiger partial charge in [-0.3, -0.25) is 4.79 Å². The predicted octanol–water partition coefficient (Wildman–Crippen LogP) is 2.33. The SMILES string of the molecule is CO[C@@H]1CN(C(=O)Cc2cc(C)no2)C[C@]12C[C@@H](c1ccccc1)CO2. The smallest absolute Gasteiger partial charge is 0.230 e. The molecule has 26 heavy (non-hydrogen) atoms. The van der Waals surface area contributed by atoms with Crippen LogP contribution < -0.4 is 0 Å². The molecule has 3 heterocycles. The van der Waals surface area contributed by atoms with Gasteiger partial charge in [0, 0.05) is 25.6 Å². The highest BCUT2D eigenvalue weighted by Crippen LogP contribution is 2.43. The number of carbonyl (C=O) groups is 1. The minimum atomic E-state index is -0.428. The van der Waals surface area contributed by atoms with Crippen molar-refractivity contribution in [2.75, 3.05) is 26.8 Å². The van der Waals surface area contributed by atoms with E-state index in [1.54, 1.807) is 13.2 Å². The molecule has 0 unspecified atom stereocenters. The van der Waals surface area contributed by atoms with E-state index in [-0.39, 0.29) is 18.4 Å². The quantitative estimate of drug-likeness (QED) is 0.841. The summed E-state index contributed by atoms with van der Waals surface area (Å²) in [6.45, 7) is 3.61. The molecule has 0 N–H and O–H groups in total. The molecule has 2 aromatic rings. The fourth-order valence-corrected chi connectivity index (χ4v) is 4.17. The number of aromatic nitrogens is 1. The molecule has 6 nitrogen and oxygen atoms in total. The average Bonchev–Trinajstić information content (AvgIpc) is 3.36. The summed E-state index contributed by atoms with van der Waals surface area (Å²) in [5.41, 5.74) is 1.63. The lowest BCUT2D eigenvalue weighted by molar-refractivity contribution is -0.130. The maximum atomic E-state index is 12.7. The van der Waals surface area contributed by atoms with Gasteiger partial charge < -0.3 is 18.9 Å². The number of hydrogen-bond acceptors (Lipinski definition) is 5. The maximum absolute atomic E-state index is 12.7. The zero-order chi connectivity index (χ0) is 18.1. The maximum Gasteiger partial charge on any atom is 0.230 e. The Balaban J connectivity index is 1.46. The van der Waals surface area contributed by atoms with Gasteiger partial charge in [-0.1, -0.05) is 35.5 Å². The van der Waals surface area contributed by atoms with Gasteiger partial charge in [-0.25, -0.2) is 0 Å². The second-order valence-electron chi connectivity index (χ2n) is 7.30. The van der Waals surface area contributed by atoms with Crippen LogP contribution in [0, 0.1) is 6.92 Å². The third kappa shape index (κ3) is 3.15. The molecule has 138 valence electrons. The third-order valence-electron chi connectivity index (χ3n) is 5.51. The van der Waals surface area contributed by atoms with E-state index >= 15 is 0 Å². The van der Waals surface area contributed by atoms with Crippen molar-refractivity contribution >= 4 is 5.91 Å². The number of rotatable bonds is 4. The highest BCUT2D eigenvalue weighted by atomic mass is 16.6. The van der Waals surface area contributed by atoms with Crippen molar-refractivity contribution in [3.63, 3.8) is 0 Å². The Hall–Kier alpha value is -2.18. The van der Waals surface area contributed by atoms with Crippen molar-refractivity contribution in [3.8, 4) is 0 Å². The van der Waals surface area contributed by atoms with Crippen molar-refractivity contribution in [2.24, 2.45) is 0 Å². The van der Waals surface area contributed by atoms with Crippen LogP contribution in [-0.4, -0.2) is 54.5 Å². The summed E-state index contributed by atoms with van der Waals surface area (Å²) < 4.78 is 17.1. The lowest BCUT2D eigenvalue weighted by Crippen LogP contribution is -2.42. The molecule has 1 aromatic carbocycles. The molecule has 2 saturated heterocycles. The molecule has 0 saturated carbocycles. The van der Waals surface area contributed by atoms with Crippen LogP contribution in [-0.2, 0) is 20.7 Å². The lowest BCUT2D eigenvalue weighted by atomic mass is 9.87. The first-order valence-corrected chi connectivity index (χ1v) is 9.01. The first-order chi connectivity index (χ1) is 12.6. The van der Waals surface area contributed by atoms with Gasteiger partial charge in [0.2, 0.25) is 5.91 Å². The normalized spacial score (nSPS) is 28.2. The van der Waals surface area contributed by atoms with E-state index in [9.17, 15) is 4.79 Å². The zero-order valence-electron chi connectivity index (χ0n) is 15.2. The van der Waals surface area contributed by atoms with Gasteiger partial charge in [0.25, 0.3) is 0 Å². The van der Waals surface area contributed by atoms with E-state index in [0.717, 1.165) is 12.1 Å². The molecule has 1 spiro atoms. The van der Waals surface area contributed by atoms with Crippen LogP contribution in [0.3, 0.4) is 0 Å². The molecule has 1 aromatic heterocycles. The number of benzene rings is 1. The van der Waals surface area contributed by atoms with Gasteiger partial charge in [-0.2, -0.15) is 0 Å². The van der Waals surface area contributed by atoms with Gasteiger partial charge in [-0.05, 0) is 18.9 Å². The Morgan fingerprint density at radius 2 is 2.19 bits per heavy atom. The monoisotopic (exact) mass is 356 g/mol. The topological polar surface area (TPSA) is 64.8 Å². The van der Waals surface area contributed by atoms with Crippen LogP contribution >= 0.6 is 0 Å². The molecular formula is C20H24N2O4. The Morgan fingerprint density at radius 3 is 2.88 bits per heavy atom. The van der Waals surface area contributed by atoms with E-state index in [0.29, 0.717) is 31.4 Å². The molecule has 2 aliphatic rings. The van der Waals surface area contributed by atoms with Crippen LogP contribution in [0.5, 0.6) is 0 Å². The minimum absolute atomic E-state index is 0.0202.